The summed E-state index contributed by atoms with van der Waals surface area (Å²) in [6.45, 7) is 3.62. The van der Waals surface area contributed by atoms with Gasteiger partial charge in [0, 0.05) is 10.5 Å². The molecule has 0 bridgehead atoms. The van der Waals surface area contributed by atoms with Crippen LogP contribution in [0.4, 0.5) is 0 Å². The van der Waals surface area contributed by atoms with E-state index in [1.807, 2.05) is 13.0 Å². The number of fused-ring (bicyclic) bond motifs is 1. The first-order valence-electron chi connectivity index (χ1n) is 4.15. The van der Waals surface area contributed by atoms with Crippen molar-refractivity contribution < 1.29 is 4.42 Å². The van der Waals surface area contributed by atoms with E-state index in [-0.39, 0.29) is 5.63 Å². The van der Waals surface area contributed by atoms with Crippen molar-refractivity contribution >= 4 is 33.5 Å². The maximum Gasteiger partial charge on any atom is 0.346 e. The molecular formula is C10H8INO2. The molecule has 1 heterocycles. The molecule has 4 heteroatoms. The lowest BCUT2D eigenvalue weighted by Gasteiger charge is -2.01. The maximum atomic E-state index is 11.5. The van der Waals surface area contributed by atoms with Gasteiger partial charge in [-0.15, -0.1) is 0 Å². The van der Waals surface area contributed by atoms with Crippen molar-refractivity contribution in [1.29, 1.82) is 0 Å². The minimum Gasteiger partial charge on any atom is -0.408 e. The summed E-state index contributed by atoms with van der Waals surface area (Å²) < 4.78 is 5.91. The van der Waals surface area contributed by atoms with Gasteiger partial charge in [-0.2, -0.15) is 0 Å². The Hall–Kier alpha value is -0.910. The van der Waals surface area contributed by atoms with Crippen molar-refractivity contribution in [2.24, 2.45) is 0 Å². The molecule has 0 fully saturated rings. The van der Waals surface area contributed by atoms with Gasteiger partial charge < -0.3 is 4.42 Å². The molecule has 0 aliphatic rings. The molecule has 0 saturated heterocycles. The lowest BCUT2D eigenvalue weighted by Crippen LogP contribution is -2.04. The first-order valence-corrected chi connectivity index (χ1v) is 5.23. The van der Waals surface area contributed by atoms with E-state index in [0.717, 1.165) is 14.7 Å². The molecule has 0 aliphatic carbocycles. The molecule has 0 saturated carbocycles. The number of hydrogen-bond acceptors (Lipinski definition) is 3. The minimum absolute atomic E-state index is 0.311. The Labute approximate surface area is 94.3 Å². The van der Waals surface area contributed by atoms with E-state index >= 15 is 0 Å². The zero-order valence-corrected chi connectivity index (χ0v) is 9.95. The van der Waals surface area contributed by atoms with Crippen LogP contribution in [-0.2, 0) is 0 Å². The van der Waals surface area contributed by atoms with Crippen LogP contribution in [0.15, 0.2) is 21.3 Å². The molecule has 0 amide bonds. The van der Waals surface area contributed by atoms with Crippen LogP contribution < -0.4 is 5.63 Å². The van der Waals surface area contributed by atoms with Gasteiger partial charge in [-0.3, -0.25) is 0 Å². The summed E-state index contributed by atoms with van der Waals surface area (Å²) in [6, 6.07) is 3.80. The zero-order chi connectivity index (χ0) is 10.3. The van der Waals surface area contributed by atoms with Gasteiger partial charge in [0.1, 0.15) is 0 Å². The van der Waals surface area contributed by atoms with Crippen LogP contribution in [0.25, 0.3) is 10.9 Å². The minimum atomic E-state index is -0.311. The number of nitrogens with zero attached hydrogens (tertiary/aromatic N) is 1. The molecule has 0 radical (unpaired) electrons. The number of aromatic nitrogens is 1. The van der Waals surface area contributed by atoms with E-state index in [1.165, 1.54) is 0 Å². The van der Waals surface area contributed by atoms with Crippen molar-refractivity contribution in [3.05, 3.63) is 37.6 Å². The molecule has 0 spiro atoms. The molecule has 1 aromatic carbocycles. The fourth-order valence-corrected chi connectivity index (χ4v) is 2.28. The zero-order valence-electron chi connectivity index (χ0n) is 7.80. The Balaban J connectivity index is 3.02. The van der Waals surface area contributed by atoms with E-state index in [9.17, 15) is 4.79 Å². The predicted molar refractivity (Wildman–Crippen MR) is 62.5 cm³/mol. The summed E-state index contributed by atoms with van der Waals surface area (Å²) in [5, 5.41) is 0.556. The first-order chi connectivity index (χ1) is 6.58. The largest absolute Gasteiger partial charge is 0.408 e. The number of halogens is 1. The molecule has 3 nitrogen and oxygen atoms in total. The van der Waals surface area contributed by atoms with Crippen LogP contribution >= 0.6 is 22.6 Å². The van der Waals surface area contributed by atoms with Crippen LogP contribution in [0.1, 0.15) is 11.5 Å². The Morgan fingerprint density at radius 3 is 2.79 bits per heavy atom. The Bertz CT molecular complexity index is 560. The van der Waals surface area contributed by atoms with Gasteiger partial charge in [0.25, 0.3) is 0 Å². The van der Waals surface area contributed by atoms with E-state index in [1.54, 1.807) is 13.0 Å². The Morgan fingerprint density at radius 1 is 1.36 bits per heavy atom. The van der Waals surface area contributed by atoms with Gasteiger partial charge in [-0.1, -0.05) is 0 Å². The highest BCUT2D eigenvalue weighted by Gasteiger charge is 2.07. The highest BCUT2D eigenvalue weighted by atomic mass is 127. The number of benzene rings is 1. The molecule has 0 N–H and O–H groups in total. The van der Waals surface area contributed by atoms with Crippen molar-refractivity contribution in [1.82, 2.24) is 4.98 Å². The fourth-order valence-electron chi connectivity index (χ4n) is 1.37. The quantitative estimate of drug-likeness (QED) is 0.702. The molecule has 72 valence electrons. The van der Waals surface area contributed by atoms with Gasteiger partial charge in [-0.25, -0.2) is 9.78 Å². The lowest BCUT2D eigenvalue weighted by molar-refractivity contribution is 0.467. The maximum absolute atomic E-state index is 11.5. The Morgan fingerprint density at radius 2 is 2.07 bits per heavy atom. The van der Waals surface area contributed by atoms with Crippen LogP contribution in [0.3, 0.4) is 0 Å². The molecule has 1 aromatic heterocycles. The molecule has 0 atom stereocenters. The molecule has 0 unspecified atom stereocenters. The van der Waals surface area contributed by atoms with Crippen molar-refractivity contribution in [2.75, 3.05) is 0 Å². The second-order valence-corrected chi connectivity index (χ2v) is 4.33. The second-order valence-electron chi connectivity index (χ2n) is 3.16. The van der Waals surface area contributed by atoms with Crippen LogP contribution in [0.2, 0.25) is 0 Å². The van der Waals surface area contributed by atoms with Crippen LogP contribution in [0.5, 0.6) is 0 Å². The Kier molecular flexibility index (Phi) is 2.30. The highest BCUT2D eigenvalue weighted by molar-refractivity contribution is 14.1. The number of hydrogen-bond donors (Lipinski definition) is 0. The normalized spacial score (nSPS) is 10.8. The molecule has 2 aromatic rings. The van der Waals surface area contributed by atoms with Crippen LogP contribution in [0, 0.1) is 17.4 Å². The van der Waals surface area contributed by atoms with Gasteiger partial charge in [0.15, 0.2) is 5.89 Å². The third-order valence-corrected chi connectivity index (χ3v) is 2.76. The van der Waals surface area contributed by atoms with E-state index in [4.69, 9.17) is 4.42 Å². The summed E-state index contributed by atoms with van der Waals surface area (Å²) >= 11 is 2.17. The van der Waals surface area contributed by atoms with E-state index < -0.39 is 0 Å². The number of rotatable bonds is 0. The molecular weight excluding hydrogens is 293 g/mol. The average molecular weight is 301 g/mol. The smallest absolute Gasteiger partial charge is 0.346 e. The summed E-state index contributed by atoms with van der Waals surface area (Å²) in [7, 11) is 0. The van der Waals surface area contributed by atoms with Gasteiger partial charge >= 0.3 is 5.63 Å². The SMILES string of the molecule is Cc1cc(I)c2nc(C)oc(=O)c2c1. The first kappa shape index (κ1) is 9.64. The van der Waals surface area contributed by atoms with Crippen LogP contribution in [-0.4, -0.2) is 4.98 Å². The van der Waals surface area contributed by atoms with Crippen molar-refractivity contribution in [3.63, 3.8) is 0 Å². The van der Waals surface area contributed by atoms with E-state index in [2.05, 4.69) is 27.6 Å². The third kappa shape index (κ3) is 1.54. The number of aryl methyl sites for hydroxylation is 2. The summed E-state index contributed by atoms with van der Waals surface area (Å²) in [6.07, 6.45) is 0. The standard InChI is InChI=1S/C10H8INO2/c1-5-3-7-9(8(11)4-5)12-6(2)14-10(7)13/h3-4H,1-2H3. The van der Waals surface area contributed by atoms with Gasteiger partial charge in [-0.05, 0) is 47.2 Å². The summed E-state index contributed by atoms with van der Waals surface area (Å²) in [5.41, 5.74) is 1.46. The lowest BCUT2D eigenvalue weighted by atomic mass is 10.2. The van der Waals surface area contributed by atoms with Gasteiger partial charge in [0.05, 0.1) is 10.9 Å². The topological polar surface area (TPSA) is 43.1 Å². The summed E-state index contributed by atoms with van der Waals surface area (Å²) in [5.74, 6) is 0.407. The molecule has 2 rings (SSSR count). The average Bonchev–Trinajstić information content (AvgIpc) is 2.07. The second kappa shape index (κ2) is 3.34. The van der Waals surface area contributed by atoms with E-state index in [0.29, 0.717) is 11.3 Å². The monoisotopic (exact) mass is 301 g/mol. The van der Waals surface area contributed by atoms with Crippen molar-refractivity contribution in [3.8, 4) is 0 Å². The van der Waals surface area contributed by atoms with Gasteiger partial charge in [0.2, 0.25) is 0 Å². The fraction of sp³-hybridized carbons (Fsp3) is 0.200. The third-order valence-electron chi connectivity index (χ3n) is 1.94. The molecule has 14 heavy (non-hydrogen) atoms. The summed E-state index contributed by atoms with van der Waals surface area (Å²) in [4.78, 5) is 15.7. The molecule has 0 aliphatic heterocycles. The highest BCUT2D eigenvalue weighted by Crippen LogP contribution is 2.18. The van der Waals surface area contributed by atoms with Crippen molar-refractivity contribution in [2.45, 2.75) is 13.8 Å². The predicted octanol–water partition coefficient (Wildman–Crippen LogP) is 2.41.